The van der Waals surface area contributed by atoms with Crippen LogP contribution < -0.4 is 4.74 Å². The van der Waals surface area contributed by atoms with E-state index < -0.39 is 5.82 Å². The highest BCUT2D eigenvalue weighted by atomic mass is 19.1. The Balaban J connectivity index is 1.05. The summed E-state index contributed by atoms with van der Waals surface area (Å²) in [6, 6.07) is 17.0. The van der Waals surface area contributed by atoms with E-state index in [4.69, 9.17) is 29.6 Å². The van der Waals surface area contributed by atoms with Gasteiger partial charge in [-0.1, -0.05) is 12.1 Å². The first kappa shape index (κ1) is 27.7. The molecule has 5 heterocycles. The Bertz CT molecular complexity index is 1900. The van der Waals surface area contributed by atoms with Crippen molar-refractivity contribution >= 4 is 17.0 Å². The Morgan fingerprint density at radius 1 is 1.14 bits per heavy atom. The number of nitrogens with zero attached hydrogens (tertiary/aromatic N) is 7. The van der Waals surface area contributed by atoms with E-state index in [9.17, 15) is 9.18 Å². The van der Waals surface area contributed by atoms with Gasteiger partial charge in [-0.15, -0.1) is 0 Å². The van der Waals surface area contributed by atoms with Gasteiger partial charge in [0, 0.05) is 48.9 Å². The van der Waals surface area contributed by atoms with Crippen molar-refractivity contribution in [2.75, 3.05) is 20.3 Å². The molecule has 0 N–H and O–H groups in total. The monoisotopic (exact) mass is 593 g/mol. The maximum absolute atomic E-state index is 14.3. The molecule has 2 aliphatic rings. The number of hydrogen-bond acceptors (Lipinski definition) is 9. The minimum atomic E-state index is -0.494. The molecule has 0 aliphatic carbocycles. The highest BCUT2D eigenvalue weighted by Gasteiger charge is 2.27. The summed E-state index contributed by atoms with van der Waals surface area (Å²) in [6.07, 6.45) is 1.97. The van der Waals surface area contributed by atoms with Crippen LogP contribution in [0.3, 0.4) is 0 Å². The van der Waals surface area contributed by atoms with Gasteiger partial charge in [-0.3, -0.25) is 4.90 Å². The summed E-state index contributed by atoms with van der Waals surface area (Å²) in [5.41, 5.74) is 4.90. The molecule has 1 fully saturated rings. The summed E-state index contributed by atoms with van der Waals surface area (Å²) in [6.45, 7) is 4.16. The van der Waals surface area contributed by atoms with Gasteiger partial charge in [0.15, 0.2) is 5.82 Å². The van der Waals surface area contributed by atoms with Crippen LogP contribution >= 0.6 is 0 Å². The Kier molecular flexibility index (Phi) is 7.25. The third-order valence-corrected chi connectivity index (χ3v) is 7.91. The van der Waals surface area contributed by atoms with Gasteiger partial charge < -0.3 is 18.8 Å². The number of fused-ring (bicyclic) bond motifs is 2. The molecular weight excluding hydrogens is 565 g/mol. The molecular formula is C32H28FN7O4. The van der Waals surface area contributed by atoms with E-state index in [1.165, 1.54) is 19.2 Å². The molecule has 0 spiro atoms. The number of esters is 1. The first-order valence-electron chi connectivity index (χ1n) is 14.2. The third kappa shape index (κ3) is 5.39. The highest BCUT2D eigenvalue weighted by molar-refractivity contribution is 5.93. The number of ether oxygens (including phenoxy) is 3. The molecule has 2 aliphatic heterocycles. The minimum Gasteiger partial charge on any atom is -0.473 e. The molecule has 1 saturated heterocycles. The first-order chi connectivity index (χ1) is 21.5. The Morgan fingerprint density at radius 3 is 2.77 bits per heavy atom. The molecule has 222 valence electrons. The number of nitriles is 1. The maximum Gasteiger partial charge on any atom is 0.337 e. The molecule has 0 radical (unpaired) electrons. The standard InChI is InChI=1S/C32H28FN7O4/c1-42-32(41)22-7-8-26-28(10-22)39(12-21-17-43-18-21)30(35-26)16-38-13-24-14-40(37-27(24)15-38)29-3-2-4-31(36-29)44-19-23-6-5-20(11-34)9-25(23)33/h2-10,14,21H,12-13,15-19H2,1H3. The normalized spacial score (nSPS) is 14.8. The van der Waals surface area contributed by atoms with Crippen LogP contribution in [0.25, 0.3) is 16.9 Å². The van der Waals surface area contributed by atoms with Crippen molar-refractivity contribution in [2.45, 2.75) is 32.8 Å². The van der Waals surface area contributed by atoms with Crippen molar-refractivity contribution in [3.05, 3.63) is 100 Å². The number of aromatic nitrogens is 5. The molecule has 12 heteroatoms. The van der Waals surface area contributed by atoms with Gasteiger partial charge in [0.2, 0.25) is 5.88 Å². The molecule has 2 aromatic carbocycles. The lowest BCUT2D eigenvalue weighted by Crippen LogP contribution is -2.32. The number of carbonyl (C=O) groups excluding carboxylic acids is 1. The summed E-state index contributed by atoms with van der Waals surface area (Å²) in [7, 11) is 1.38. The highest BCUT2D eigenvalue weighted by Crippen LogP contribution is 2.28. The van der Waals surface area contributed by atoms with E-state index in [0.717, 1.165) is 34.7 Å². The van der Waals surface area contributed by atoms with E-state index in [0.29, 0.717) is 61.6 Å². The lowest BCUT2D eigenvalue weighted by molar-refractivity contribution is -0.0394. The summed E-state index contributed by atoms with van der Waals surface area (Å²) < 4.78 is 34.3. The SMILES string of the molecule is COC(=O)c1ccc2nc(CN3Cc4cn(-c5cccc(OCc6ccc(C#N)cc6F)n5)nc4C3)n(CC3COC3)c2c1. The van der Waals surface area contributed by atoms with Crippen molar-refractivity contribution in [3.8, 4) is 17.8 Å². The van der Waals surface area contributed by atoms with E-state index >= 15 is 0 Å². The molecule has 0 saturated carbocycles. The second kappa shape index (κ2) is 11.5. The Labute approximate surface area is 252 Å². The van der Waals surface area contributed by atoms with Crippen molar-refractivity contribution < 1.29 is 23.4 Å². The molecule has 0 bridgehead atoms. The second-order valence-corrected chi connectivity index (χ2v) is 11.0. The fourth-order valence-electron chi connectivity index (χ4n) is 5.54. The molecule has 7 rings (SSSR count). The number of carbonyl (C=O) groups is 1. The second-order valence-electron chi connectivity index (χ2n) is 11.0. The molecule has 0 unspecified atom stereocenters. The van der Waals surface area contributed by atoms with E-state index in [-0.39, 0.29) is 18.1 Å². The fraction of sp³-hybridized carbons (Fsp3) is 0.281. The fourth-order valence-corrected chi connectivity index (χ4v) is 5.54. The zero-order valence-electron chi connectivity index (χ0n) is 23.9. The number of methoxy groups -OCH3 is 1. The number of imidazole rings is 1. The van der Waals surface area contributed by atoms with Crippen LogP contribution in [0.5, 0.6) is 5.88 Å². The van der Waals surface area contributed by atoms with Crippen molar-refractivity contribution in [2.24, 2.45) is 5.92 Å². The predicted molar refractivity (Wildman–Crippen MR) is 155 cm³/mol. The van der Waals surface area contributed by atoms with Crippen LogP contribution in [0.15, 0.2) is 60.8 Å². The van der Waals surface area contributed by atoms with Crippen molar-refractivity contribution in [1.82, 2.24) is 29.2 Å². The van der Waals surface area contributed by atoms with Gasteiger partial charge in [0.25, 0.3) is 0 Å². The maximum atomic E-state index is 14.3. The molecule has 3 aromatic heterocycles. The minimum absolute atomic E-state index is 0.0128. The molecule has 44 heavy (non-hydrogen) atoms. The zero-order chi connectivity index (χ0) is 30.2. The summed E-state index contributed by atoms with van der Waals surface area (Å²) >= 11 is 0. The Morgan fingerprint density at radius 2 is 2.02 bits per heavy atom. The lowest BCUT2D eigenvalue weighted by Gasteiger charge is -2.27. The number of halogens is 1. The average Bonchev–Trinajstić information content (AvgIpc) is 3.69. The number of benzene rings is 2. The molecule has 5 aromatic rings. The quantitative estimate of drug-likeness (QED) is 0.232. The third-order valence-electron chi connectivity index (χ3n) is 7.91. The zero-order valence-corrected chi connectivity index (χ0v) is 23.9. The first-order valence-corrected chi connectivity index (χ1v) is 14.2. The van der Waals surface area contributed by atoms with Crippen LogP contribution in [-0.2, 0) is 42.3 Å². The predicted octanol–water partition coefficient (Wildman–Crippen LogP) is 4.16. The van der Waals surface area contributed by atoms with Gasteiger partial charge in [-0.2, -0.15) is 15.3 Å². The van der Waals surface area contributed by atoms with E-state index in [2.05, 4.69) is 14.5 Å². The number of pyridine rings is 1. The molecule has 11 nitrogen and oxygen atoms in total. The average molecular weight is 594 g/mol. The topological polar surface area (TPSA) is 120 Å². The van der Waals surface area contributed by atoms with Gasteiger partial charge in [-0.25, -0.2) is 18.9 Å². The summed E-state index contributed by atoms with van der Waals surface area (Å²) in [5, 5.41) is 13.7. The number of rotatable bonds is 9. The number of hydrogen-bond donors (Lipinski definition) is 0. The van der Waals surface area contributed by atoms with Crippen LogP contribution in [0.1, 0.15) is 38.6 Å². The van der Waals surface area contributed by atoms with Crippen molar-refractivity contribution in [3.63, 3.8) is 0 Å². The molecule has 0 amide bonds. The van der Waals surface area contributed by atoms with Crippen molar-refractivity contribution in [1.29, 1.82) is 5.26 Å². The van der Waals surface area contributed by atoms with Crippen LogP contribution in [0.4, 0.5) is 4.39 Å². The summed E-state index contributed by atoms with van der Waals surface area (Å²) in [4.78, 5) is 24.0. The Hall–Kier alpha value is -5.12. The van der Waals surface area contributed by atoms with Crippen LogP contribution in [-0.4, -0.2) is 55.5 Å². The van der Waals surface area contributed by atoms with Gasteiger partial charge in [0.1, 0.15) is 18.2 Å². The van der Waals surface area contributed by atoms with Gasteiger partial charge >= 0.3 is 5.97 Å². The lowest BCUT2D eigenvalue weighted by atomic mass is 10.1. The summed E-state index contributed by atoms with van der Waals surface area (Å²) in [5.74, 6) is 1.40. The van der Waals surface area contributed by atoms with E-state index in [1.54, 1.807) is 22.9 Å². The van der Waals surface area contributed by atoms with Gasteiger partial charge in [0.05, 0.1) is 60.8 Å². The largest absolute Gasteiger partial charge is 0.473 e. The van der Waals surface area contributed by atoms with Crippen LogP contribution in [0.2, 0.25) is 0 Å². The van der Waals surface area contributed by atoms with Crippen LogP contribution in [0, 0.1) is 23.1 Å². The smallest absolute Gasteiger partial charge is 0.337 e. The van der Waals surface area contributed by atoms with Gasteiger partial charge in [-0.05, 0) is 36.4 Å². The van der Waals surface area contributed by atoms with E-state index in [1.807, 2.05) is 36.5 Å². The molecule has 0 atom stereocenters.